The van der Waals surface area contributed by atoms with Crippen LogP contribution in [0.15, 0.2) is 31.1 Å². The maximum absolute atomic E-state index is 4.03. The highest BCUT2D eigenvalue weighted by Gasteiger charge is 1.93. The van der Waals surface area contributed by atoms with E-state index in [1.807, 2.05) is 0 Å². The van der Waals surface area contributed by atoms with Gasteiger partial charge in [-0.1, -0.05) is 0 Å². The summed E-state index contributed by atoms with van der Waals surface area (Å²) >= 11 is 0. The van der Waals surface area contributed by atoms with Crippen LogP contribution in [0.5, 0.6) is 0 Å². The Morgan fingerprint density at radius 2 is 2.14 bits per heavy atom. The second-order valence-corrected chi connectivity index (χ2v) is 2.66. The molecule has 0 aliphatic carbocycles. The molecule has 2 heterocycles. The summed E-state index contributed by atoms with van der Waals surface area (Å²) in [7, 11) is 0. The predicted molar refractivity (Wildman–Crippen MR) is 50.5 cm³/mol. The van der Waals surface area contributed by atoms with Gasteiger partial charge in [-0.3, -0.25) is 4.68 Å². The largest absolute Gasteiger partial charge is 0.352 e. The zero-order chi connectivity index (χ0) is 9.64. The molecular formula is C8H10N6. The lowest BCUT2D eigenvalue weighted by molar-refractivity contribution is 0.634. The zero-order valence-corrected chi connectivity index (χ0v) is 7.54. The van der Waals surface area contributed by atoms with Gasteiger partial charge >= 0.3 is 0 Å². The monoisotopic (exact) mass is 190 g/mol. The van der Waals surface area contributed by atoms with Crippen LogP contribution >= 0.6 is 0 Å². The predicted octanol–water partition coefficient (Wildman–Crippen LogP) is 0.180. The van der Waals surface area contributed by atoms with Crippen LogP contribution in [-0.4, -0.2) is 31.3 Å². The zero-order valence-electron chi connectivity index (χ0n) is 7.54. The third-order valence-electron chi connectivity index (χ3n) is 1.66. The molecule has 2 aromatic rings. The van der Waals surface area contributed by atoms with E-state index in [4.69, 9.17) is 0 Å². The molecule has 0 unspecified atom stereocenters. The van der Waals surface area contributed by atoms with E-state index in [2.05, 4.69) is 25.4 Å². The molecule has 0 radical (unpaired) electrons. The van der Waals surface area contributed by atoms with E-state index in [0.717, 1.165) is 13.1 Å². The molecular weight excluding hydrogens is 180 g/mol. The molecule has 1 N–H and O–H groups in total. The van der Waals surface area contributed by atoms with E-state index < -0.39 is 0 Å². The summed E-state index contributed by atoms with van der Waals surface area (Å²) in [6.07, 6.45) is 6.59. The van der Waals surface area contributed by atoms with Gasteiger partial charge in [0.2, 0.25) is 5.95 Å². The smallest absolute Gasteiger partial charge is 0.222 e. The minimum atomic E-state index is 0.632. The van der Waals surface area contributed by atoms with Crippen LogP contribution in [0.3, 0.4) is 0 Å². The van der Waals surface area contributed by atoms with E-state index in [0.29, 0.717) is 5.95 Å². The SMILES string of the molecule is c1cnc(NCCn2cncn2)nc1. The third kappa shape index (κ3) is 2.25. The molecule has 0 amide bonds. The van der Waals surface area contributed by atoms with Gasteiger partial charge in [-0.05, 0) is 6.07 Å². The first kappa shape index (κ1) is 8.61. The van der Waals surface area contributed by atoms with Crippen molar-refractivity contribution in [1.82, 2.24) is 24.7 Å². The van der Waals surface area contributed by atoms with E-state index in [9.17, 15) is 0 Å². The number of hydrogen-bond donors (Lipinski definition) is 1. The van der Waals surface area contributed by atoms with Crippen molar-refractivity contribution in [3.05, 3.63) is 31.1 Å². The average molecular weight is 190 g/mol. The number of anilines is 1. The molecule has 14 heavy (non-hydrogen) atoms. The molecule has 0 fully saturated rings. The van der Waals surface area contributed by atoms with Gasteiger partial charge in [-0.25, -0.2) is 15.0 Å². The summed E-state index contributed by atoms with van der Waals surface area (Å²) in [6, 6.07) is 1.78. The first-order valence-corrected chi connectivity index (χ1v) is 4.28. The second-order valence-electron chi connectivity index (χ2n) is 2.66. The number of rotatable bonds is 4. The normalized spacial score (nSPS) is 10.0. The maximum atomic E-state index is 4.03. The lowest BCUT2D eigenvalue weighted by Crippen LogP contribution is -2.12. The lowest BCUT2D eigenvalue weighted by Gasteiger charge is -2.02. The molecule has 0 aliphatic rings. The van der Waals surface area contributed by atoms with Crippen molar-refractivity contribution in [3.63, 3.8) is 0 Å². The first-order chi connectivity index (χ1) is 6.95. The van der Waals surface area contributed by atoms with Gasteiger partial charge in [0.05, 0.1) is 6.54 Å². The Morgan fingerprint density at radius 3 is 2.86 bits per heavy atom. The summed E-state index contributed by atoms with van der Waals surface area (Å²) in [5.74, 6) is 0.632. The van der Waals surface area contributed by atoms with E-state index in [-0.39, 0.29) is 0 Å². The van der Waals surface area contributed by atoms with Crippen LogP contribution in [-0.2, 0) is 6.54 Å². The quantitative estimate of drug-likeness (QED) is 0.744. The topological polar surface area (TPSA) is 68.5 Å². The van der Waals surface area contributed by atoms with E-state index in [1.165, 1.54) is 6.33 Å². The Hall–Kier alpha value is -1.98. The van der Waals surface area contributed by atoms with Crippen molar-refractivity contribution in [1.29, 1.82) is 0 Å². The van der Waals surface area contributed by atoms with Crippen LogP contribution in [0.4, 0.5) is 5.95 Å². The highest BCUT2D eigenvalue weighted by molar-refractivity contribution is 5.21. The van der Waals surface area contributed by atoms with Crippen molar-refractivity contribution in [3.8, 4) is 0 Å². The molecule has 0 spiro atoms. The van der Waals surface area contributed by atoms with Crippen LogP contribution in [0, 0.1) is 0 Å². The van der Waals surface area contributed by atoms with Crippen LogP contribution in [0.25, 0.3) is 0 Å². The Bertz CT molecular complexity index is 357. The Morgan fingerprint density at radius 1 is 1.29 bits per heavy atom. The minimum Gasteiger partial charge on any atom is -0.352 e. The molecule has 2 rings (SSSR count). The highest BCUT2D eigenvalue weighted by Crippen LogP contribution is 1.92. The summed E-state index contributed by atoms with van der Waals surface area (Å²) in [5.41, 5.74) is 0. The molecule has 0 bridgehead atoms. The maximum Gasteiger partial charge on any atom is 0.222 e. The molecule has 0 aliphatic heterocycles. The van der Waals surface area contributed by atoms with Gasteiger partial charge in [-0.2, -0.15) is 5.10 Å². The van der Waals surface area contributed by atoms with Crippen LogP contribution in [0.2, 0.25) is 0 Å². The highest BCUT2D eigenvalue weighted by atomic mass is 15.3. The van der Waals surface area contributed by atoms with E-state index in [1.54, 1.807) is 29.5 Å². The number of hydrogen-bond acceptors (Lipinski definition) is 5. The number of nitrogens with one attached hydrogen (secondary N) is 1. The van der Waals surface area contributed by atoms with Gasteiger partial charge in [-0.15, -0.1) is 0 Å². The van der Waals surface area contributed by atoms with Gasteiger partial charge in [0.1, 0.15) is 12.7 Å². The van der Waals surface area contributed by atoms with Crippen LogP contribution in [0.1, 0.15) is 0 Å². The Balaban J connectivity index is 1.79. The van der Waals surface area contributed by atoms with Gasteiger partial charge < -0.3 is 5.32 Å². The molecule has 0 atom stereocenters. The fraction of sp³-hybridized carbons (Fsp3) is 0.250. The molecule has 6 heteroatoms. The third-order valence-corrected chi connectivity index (χ3v) is 1.66. The Labute approximate surface area is 81.0 Å². The average Bonchev–Trinajstić information content (AvgIpc) is 2.72. The fourth-order valence-corrected chi connectivity index (χ4v) is 1.02. The van der Waals surface area contributed by atoms with Crippen molar-refractivity contribution in [2.45, 2.75) is 6.54 Å². The summed E-state index contributed by atoms with van der Waals surface area (Å²) < 4.78 is 1.75. The van der Waals surface area contributed by atoms with Crippen molar-refractivity contribution in [2.75, 3.05) is 11.9 Å². The molecule has 6 nitrogen and oxygen atoms in total. The number of aromatic nitrogens is 5. The van der Waals surface area contributed by atoms with Crippen molar-refractivity contribution < 1.29 is 0 Å². The van der Waals surface area contributed by atoms with Crippen molar-refractivity contribution >= 4 is 5.95 Å². The lowest BCUT2D eigenvalue weighted by atomic mass is 10.6. The number of nitrogens with zero attached hydrogens (tertiary/aromatic N) is 5. The molecule has 0 aromatic carbocycles. The molecule has 2 aromatic heterocycles. The first-order valence-electron chi connectivity index (χ1n) is 4.28. The van der Waals surface area contributed by atoms with E-state index >= 15 is 0 Å². The fourth-order valence-electron chi connectivity index (χ4n) is 1.02. The summed E-state index contributed by atoms with van der Waals surface area (Å²) in [6.45, 7) is 1.48. The Kier molecular flexibility index (Phi) is 2.65. The summed E-state index contributed by atoms with van der Waals surface area (Å²) in [5, 5.41) is 7.04. The molecule has 0 saturated heterocycles. The summed E-state index contributed by atoms with van der Waals surface area (Å²) in [4.78, 5) is 11.9. The van der Waals surface area contributed by atoms with Gasteiger partial charge in [0.15, 0.2) is 0 Å². The van der Waals surface area contributed by atoms with Gasteiger partial charge in [0, 0.05) is 18.9 Å². The van der Waals surface area contributed by atoms with Crippen LogP contribution < -0.4 is 5.32 Å². The van der Waals surface area contributed by atoms with Gasteiger partial charge in [0.25, 0.3) is 0 Å². The molecule has 72 valence electrons. The standard InChI is InChI=1S/C8H10N6/c1-2-10-8(11-3-1)12-4-5-14-7-9-6-13-14/h1-3,6-7H,4-5H2,(H,10,11,12). The second kappa shape index (κ2) is 4.31. The van der Waals surface area contributed by atoms with Crippen molar-refractivity contribution in [2.24, 2.45) is 0 Å². The minimum absolute atomic E-state index is 0.632. The molecule has 0 saturated carbocycles.